The van der Waals surface area contributed by atoms with Crippen LogP contribution in [0.3, 0.4) is 0 Å². The number of aliphatic hydroxyl groups excluding tert-OH is 1. The number of alkyl halides is 5. The molecule has 2 rings (SSSR count). The third-order valence-corrected chi connectivity index (χ3v) is 4.17. The van der Waals surface area contributed by atoms with E-state index < -0.39 is 36.6 Å². The zero-order valence-electron chi connectivity index (χ0n) is 13.2. The van der Waals surface area contributed by atoms with Gasteiger partial charge in [0.05, 0.1) is 17.9 Å². The quantitative estimate of drug-likeness (QED) is 0.695. The zero-order chi connectivity index (χ0) is 18.7. The predicted octanol–water partition coefficient (Wildman–Crippen LogP) is 3.04. The maximum absolute atomic E-state index is 12.8. The Labute approximate surface area is 141 Å². The zero-order valence-corrected chi connectivity index (χ0v) is 13.2. The minimum atomic E-state index is -4.79. The van der Waals surface area contributed by atoms with Crippen molar-refractivity contribution in [3.63, 3.8) is 0 Å². The number of carbonyl (C=O) groups excluding carboxylic acids is 1. The van der Waals surface area contributed by atoms with E-state index in [2.05, 4.69) is 10.1 Å². The van der Waals surface area contributed by atoms with E-state index in [9.17, 15) is 31.9 Å². The van der Waals surface area contributed by atoms with Crippen molar-refractivity contribution in [1.82, 2.24) is 5.32 Å². The highest BCUT2D eigenvalue weighted by Gasteiger charge is 2.56. The Balaban J connectivity index is 1.77. The van der Waals surface area contributed by atoms with E-state index >= 15 is 0 Å². The molecule has 1 atom stereocenters. The smallest absolute Gasteiger partial charge is 0.406 e. The monoisotopic (exact) mass is 367 g/mol. The van der Waals surface area contributed by atoms with Gasteiger partial charge in [-0.1, -0.05) is 12.1 Å². The predicted molar refractivity (Wildman–Crippen MR) is 78.1 cm³/mol. The Morgan fingerprint density at radius 1 is 1.32 bits per heavy atom. The third-order valence-electron chi connectivity index (χ3n) is 4.17. The lowest BCUT2D eigenvalue weighted by atomic mass is 9.97. The van der Waals surface area contributed by atoms with Gasteiger partial charge in [-0.3, -0.25) is 4.79 Å². The number of benzene rings is 1. The topological polar surface area (TPSA) is 58.6 Å². The first kappa shape index (κ1) is 19.4. The first-order valence-corrected chi connectivity index (χ1v) is 7.70. The van der Waals surface area contributed by atoms with Crippen LogP contribution in [0.5, 0.6) is 5.75 Å². The normalized spacial score (nSPS) is 17.2. The Hall–Kier alpha value is -1.90. The van der Waals surface area contributed by atoms with Crippen LogP contribution in [0.1, 0.15) is 24.8 Å². The van der Waals surface area contributed by atoms with Crippen LogP contribution in [0.25, 0.3) is 0 Å². The van der Waals surface area contributed by atoms with E-state index in [4.69, 9.17) is 0 Å². The molecule has 1 fully saturated rings. The fourth-order valence-electron chi connectivity index (χ4n) is 2.54. The molecule has 25 heavy (non-hydrogen) atoms. The van der Waals surface area contributed by atoms with E-state index in [1.165, 1.54) is 12.1 Å². The molecule has 0 unspecified atom stereocenters. The molecule has 140 valence electrons. The van der Waals surface area contributed by atoms with Crippen molar-refractivity contribution < 1.29 is 36.6 Å². The second kappa shape index (κ2) is 7.55. The highest BCUT2D eigenvalue weighted by Crippen LogP contribution is 2.54. The summed E-state index contributed by atoms with van der Waals surface area (Å²) in [6, 6.07) is 5.32. The van der Waals surface area contributed by atoms with Gasteiger partial charge in [0.15, 0.2) is 0 Å². The van der Waals surface area contributed by atoms with Gasteiger partial charge in [0.1, 0.15) is 5.75 Å². The van der Waals surface area contributed by atoms with Gasteiger partial charge in [-0.15, -0.1) is 13.2 Å². The SMILES string of the molecule is O=C(C[C@@H](O)C1(C(F)F)CC1)NCCc1cccc(OC(F)(F)F)c1. The van der Waals surface area contributed by atoms with E-state index in [0.29, 0.717) is 5.56 Å². The fraction of sp³-hybridized carbons (Fsp3) is 0.562. The summed E-state index contributed by atoms with van der Waals surface area (Å²) in [5.74, 6) is -0.943. The summed E-state index contributed by atoms with van der Waals surface area (Å²) in [6.07, 6.45) is -8.69. The second-order valence-corrected chi connectivity index (χ2v) is 6.05. The van der Waals surface area contributed by atoms with Crippen LogP contribution in [0.4, 0.5) is 22.0 Å². The van der Waals surface area contributed by atoms with Gasteiger partial charge in [0.25, 0.3) is 0 Å². The Morgan fingerprint density at radius 3 is 2.56 bits per heavy atom. The van der Waals surface area contributed by atoms with Crippen LogP contribution in [0.15, 0.2) is 24.3 Å². The van der Waals surface area contributed by atoms with Gasteiger partial charge in [0, 0.05) is 6.54 Å². The molecule has 0 saturated heterocycles. The van der Waals surface area contributed by atoms with E-state index in [1.54, 1.807) is 6.07 Å². The standard InChI is InChI=1S/C16H18F5NO3/c17-14(18)15(5-6-15)12(23)9-13(24)22-7-4-10-2-1-3-11(8-10)25-16(19,20)21/h1-3,8,12,14,23H,4-7,9H2,(H,22,24)/t12-/m1/s1. The Kier molecular flexibility index (Phi) is 5.87. The van der Waals surface area contributed by atoms with Gasteiger partial charge in [0.2, 0.25) is 12.3 Å². The molecule has 9 heteroatoms. The van der Waals surface area contributed by atoms with Crippen molar-refractivity contribution in [2.75, 3.05) is 6.54 Å². The summed E-state index contributed by atoms with van der Waals surface area (Å²) in [7, 11) is 0. The lowest BCUT2D eigenvalue weighted by Gasteiger charge is -2.20. The largest absolute Gasteiger partial charge is 0.573 e. The number of carbonyl (C=O) groups is 1. The molecule has 0 spiro atoms. The van der Waals surface area contributed by atoms with Gasteiger partial charge in [-0.25, -0.2) is 8.78 Å². The highest BCUT2D eigenvalue weighted by molar-refractivity contribution is 5.76. The molecule has 1 aliphatic rings. The average Bonchev–Trinajstić information content (AvgIpc) is 3.27. The number of hydrogen-bond acceptors (Lipinski definition) is 3. The van der Waals surface area contributed by atoms with Crippen molar-refractivity contribution in [1.29, 1.82) is 0 Å². The van der Waals surface area contributed by atoms with Crippen LogP contribution in [-0.2, 0) is 11.2 Å². The lowest BCUT2D eigenvalue weighted by molar-refractivity contribution is -0.274. The molecule has 1 aromatic carbocycles. The molecule has 1 saturated carbocycles. The molecule has 0 aliphatic heterocycles. The first-order chi connectivity index (χ1) is 11.6. The molecule has 1 aromatic rings. The molecule has 1 aliphatic carbocycles. The number of ether oxygens (including phenoxy) is 1. The van der Waals surface area contributed by atoms with Gasteiger partial charge in [-0.2, -0.15) is 0 Å². The molecule has 0 bridgehead atoms. The van der Waals surface area contributed by atoms with E-state index in [1.807, 2.05) is 0 Å². The number of hydrogen-bond donors (Lipinski definition) is 2. The second-order valence-electron chi connectivity index (χ2n) is 6.05. The van der Waals surface area contributed by atoms with Crippen LogP contribution < -0.4 is 10.1 Å². The first-order valence-electron chi connectivity index (χ1n) is 7.70. The van der Waals surface area contributed by atoms with Crippen molar-refractivity contribution >= 4 is 5.91 Å². The van der Waals surface area contributed by atoms with Gasteiger partial charge in [-0.05, 0) is 37.0 Å². The molecule has 4 nitrogen and oxygen atoms in total. The van der Waals surface area contributed by atoms with Crippen LogP contribution in [0.2, 0.25) is 0 Å². The number of rotatable bonds is 8. The van der Waals surface area contributed by atoms with Crippen LogP contribution in [-0.4, -0.2) is 36.5 Å². The Bertz CT molecular complexity index is 602. The van der Waals surface area contributed by atoms with Crippen molar-refractivity contribution in [2.45, 2.75) is 44.6 Å². The minimum Gasteiger partial charge on any atom is -0.406 e. The van der Waals surface area contributed by atoms with Gasteiger partial charge < -0.3 is 15.2 Å². The highest BCUT2D eigenvalue weighted by atomic mass is 19.4. The van der Waals surface area contributed by atoms with Crippen molar-refractivity contribution in [3.05, 3.63) is 29.8 Å². The summed E-state index contributed by atoms with van der Waals surface area (Å²) in [5, 5.41) is 12.2. The molecular formula is C16H18F5NO3. The van der Waals surface area contributed by atoms with Crippen molar-refractivity contribution in [2.24, 2.45) is 5.41 Å². The Morgan fingerprint density at radius 2 is 2.00 bits per heavy atom. The van der Waals surface area contributed by atoms with E-state index in [0.717, 1.165) is 6.07 Å². The minimum absolute atomic E-state index is 0.0999. The number of nitrogens with one attached hydrogen (secondary N) is 1. The number of halogens is 5. The third kappa shape index (κ3) is 5.55. The average molecular weight is 367 g/mol. The molecular weight excluding hydrogens is 349 g/mol. The summed E-state index contributed by atoms with van der Waals surface area (Å²) < 4.78 is 65.9. The summed E-state index contributed by atoms with van der Waals surface area (Å²) in [4.78, 5) is 11.7. The summed E-state index contributed by atoms with van der Waals surface area (Å²) >= 11 is 0. The molecule has 0 heterocycles. The van der Waals surface area contributed by atoms with Crippen LogP contribution >= 0.6 is 0 Å². The summed E-state index contributed by atoms with van der Waals surface area (Å²) in [5.41, 5.74) is -0.963. The maximum Gasteiger partial charge on any atom is 0.573 e. The van der Waals surface area contributed by atoms with Crippen molar-refractivity contribution in [3.8, 4) is 5.75 Å². The number of amides is 1. The molecule has 0 aromatic heterocycles. The molecule has 2 N–H and O–H groups in total. The van der Waals surface area contributed by atoms with Crippen LogP contribution in [0, 0.1) is 5.41 Å². The fourth-order valence-corrected chi connectivity index (χ4v) is 2.54. The molecule has 1 amide bonds. The maximum atomic E-state index is 12.8. The van der Waals surface area contributed by atoms with Gasteiger partial charge >= 0.3 is 6.36 Å². The number of aliphatic hydroxyl groups is 1. The summed E-state index contributed by atoms with van der Waals surface area (Å²) in [6.45, 7) is 0.0999. The lowest BCUT2D eigenvalue weighted by Crippen LogP contribution is -2.35. The molecule has 0 radical (unpaired) electrons. The van der Waals surface area contributed by atoms with E-state index in [-0.39, 0.29) is 31.6 Å².